The Balaban J connectivity index is 1.51. The fourth-order valence-corrected chi connectivity index (χ4v) is 4.69. The number of ether oxygens (including phenoxy) is 1. The van der Waals surface area contributed by atoms with Gasteiger partial charge in [-0.15, -0.1) is 0 Å². The third kappa shape index (κ3) is 4.50. The first kappa shape index (κ1) is 22.0. The summed E-state index contributed by atoms with van der Waals surface area (Å²) in [5, 5.41) is 3.71. The van der Waals surface area contributed by atoms with Crippen LogP contribution in [-0.4, -0.2) is 46.8 Å². The number of aryl methyl sites for hydroxylation is 1. The first-order valence-electron chi connectivity index (χ1n) is 10.7. The molecule has 3 aromatic rings. The standard InChI is InChI=1S/C24H25N3O4S/c1-3-31-24(30)17-7-6-12-27(14-17)23(29)16-11-10-15(2)19(13-16)25-22(28)21-18-8-4-5-9-20(18)32-26-21/h4-5,8-11,13,17H,3,6-7,12,14H2,1-2H3,(H,25,28)/t17-/m0/s1. The molecule has 2 aromatic carbocycles. The lowest BCUT2D eigenvalue weighted by atomic mass is 9.97. The van der Waals surface area contributed by atoms with Crippen LogP contribution in [0.1, 0.15) is 46.2 Å². The minimum Gasteiger partial charge on any atom is -0.466 e. The zero-order chi connectivity index (χ0) is 22.7. The summed E-state index contributed by atoms with van der Waals surface area (Å²) in [5.41, 5.74) is 2.25. The van der Waals surface area contributed by atoms with Crippen molar-refractivity contribution in [2.75, 3.05) is 25.0 Å². The summed E-state index contributed by atoms with van der Waals surface area (Å²) in [7, 11) is 0. The number of hydrogen-bond acceptors (Lipinski definition) is 6. The number of hydrogen-bond donors (Lipinski definition) is 1. The van der Waals surface area contributed by atoms with E-state index in [1.165, 1.54) is 11.5 Å². The zero-order valence-corrected chi connectivity index (χ0v) is 18.9. The van der Waals surface area contributed by atoms with Crippen LogP contribution in [-0.2, 0) is 9.53 Å². The molecule has 0 aliphatic carbocycles. The Hall–Kier alpha value is -3.26. The van der Waals surface area contributed by atoms with Gasteiger partial charge >= 0.3 is 5.97 Å². The van der Waals surface area contributed by atoms with Gasteiger partial charge in [0, 0.05) is 29.7 Å². The van der Waals surface area contributed by atoms with Crippen LogP contribution in [0.2, 0.25) is 0 Å². The molecule has 0 unspecified atom stereocenters. The molecule has 0 bridgehead atoms. The fourth-order valence-electron chi connectivity index (χ4n) is 3.92. The van der Waals surface area contributed by atoms with E-state index in [-0.39, 0.29) is 23.7 Å². The highest BCUT2D eigenvalue weighted by molar-refractivity contribution is 7.13. The number of benzene rings is 2. The van der Waals surface area contributed by atoms with Crippen LogP contribution in [0.15, 0.2) is 42.5 Å². The third-order valence-corrected chi connectivity index (χ3v) is 6.48. The number of carbonyl (C=O) groups excluding carboxylic acids is 3. The molecule has 166 valence electrons. The van der Waals surface area contributed by atoms with E-state index in [1.54, 1.807) is 24.0 Å². The molecule has 0 radical (unpaired) electrons. The lowest BCUT2D eigenvalue weighted by molar-refractivity contribution is -0.149. The minimum atomic E-state index is -0.310. The van der Waals surface area contributed by atoms with Crippen molar-refractivity contribution in [3.63, 3.8) is 0 Å². The highest BCUT2D eigenvalue weighted by atomic mass is 32.1. The minimum absolute atomic E-state index is 0.159. The van der Waals surface area contributed by atoms with E-state index in [4.69, 9.17) is 4.74 Å². The quantitative estimate of drug-likeness (QED) is 0.585. The number of rotatable bonds is 5. The lowest BCUT2D eigenvalue weighted by Crippen LogP contribution is -2.42. The van der Waals surface area contributed by atoms with E-state index in [0.717, 1.165) is 28.5 Å². The molecule has 1 fully saturated rings. The number of likely N-dealkylation sites (tertiary alicyclic amines) is 1. The molecule has 1 atom stereocenters. The van der Waals surface area contributed by atoms with Gasteiger partial charge < -0.3 is 15.0 Å². The predicted molar refractivity (Wildman–Crippen MR) is 124 cm³/mol. The second-order valence-corrected chi connectivity index (χ2v) is 8.66. The van der Waals surface area contributed by atoms with Crippen molar-refractivity contribution in [1.82, 2.24) is 9.27 Å². The van der Waals surface area contributed by atoms with Crippen molar-refractivity contribution in [1.29, 1.82) is 0 Å². The molecule has 4 rings (SSSR count). The maximum absolute atomic E-state index is 13.1. The maximum Gasteiger partial charge on any atom is 0.310 e. The number of amides is 2. The van der Waals surface area contributed by atoms with E-state index in [9.17, 15) is 14.4 Å². The maximum atomic E-state index is 13.1. The highest BCUT2D eigenvalue weighted by Gasteiger charge is 2.30. The van der Waals surface area contributed by atoms with Crippen molar-refractivity contribution in [2.24, 2.45) is 5.92 Å². The second kappa shape index (κ2) is 9.48. The van der Waals surface area contributed by atoms with Gasteiger partial charge in [0.1, 0.15) is 5.69 Å². The Labute approximate surface area is 190 Å². The van der Waals surface area contributed by atoms with Gasteiger partial charge in [-0.1, -0.05) is 24.3 Å². The first-order valence-corrected chi connectivity index (χ1v) is 11.5. The number of aromatic nitrogens is 1. The summed E-state index contributed by atoms with van der Waals surface area (Å²) in [6.07, 6.45) is 1.47. The van der Waals surface area contributed by atoms with Crippen LogP contribution < -0.4 is 5.32 Å². The molecular weight excluding hydrogens is 426 g/mol. The molecule has 1 aliphatic rings. The van der Waals surface area contributed by atoms with Crippen molar-refractivity contribution in [3.05, 3.63) is 59.3 Å². The van der Waals surface area contributed by atoms with Gasteiger partial charge in [0.2, 0.25) is 0 Å². The predicted octanol–water partition coefficient (Wildman–Crippen LogP) is 4.27. The Kier molecular flexibility index (Phi) is 6.50. The Morgan fingerprint density at radius 3 is 2.84 bits per heavy atom. The molecule has 0 saturated carbocycles. The summed E-state index contributed by atoms with van der Waals surface area (Å²) in [6.45, 7) is 4.92. The summed E-state index contributed by atoms with van der Waals surface area (Å²) >= 11 is 1.28. The number of carbonyl (C=O) groups is 3. The van der Waals surface area contributed by atoms with Gasteiger partial charge in [-0.05, 0) is 62.0 Å². The molecule has 0 spiro atoms. The Bertz CT molecular complexity index is 1170. The van der Waals surface area contributed by atoms with Gasteiger partial charge in [-0.3, -0.25) is 14.4 Å². The van der Waals surface area contributed by atoms with Crippen LogP contribution in [0.25, 0.3) is 10.1 Å². The smallest absolute Gasteiger partial charge is 0.310 e. The Morgan fingerprint density at radius 2 is 2.03 bits per heavy atom. The molecular formula is C24H25N3O4S. The SMILES string of the molecule is CCOC(=O)[C@H]1CCCN(C(=O)c2ccc(C)c(NC(=O)c3nsc4ccccc34)c2)C1. The number of nitrogens with one attached hydrogen (secondary N) is 1. The summed E-state index contributed by atoms with van der Waals surface area (Å²) in [4.78, 5) is 39.8. The third-order valence-electron chi connectivity index (χ3n) is 5.65. The molecule has 2 amide bonds. The monoisotopic (exact) mass is 451 g/mol. The van der Waals surface area contributed by atoms with Crippen molar-refractivity contribution in [2.45, 2.75) is 26.7 Å². The van der Waals surface area contributed by atoms with Crippen LogP contribution in [0.5, 0.6) is 0 Å². The highest BCUT2D eigenvalue weighted by Crippen LogP contribution is 2.25. The van der Waals surface area contributed by atoms with Crippen LogP contribution in [0.3, 0.4) is 0 Å². The van der Waals surface area contributed by atoms with Gasteiger partial charge in [0.25, 0.3) is 11.8 Å². The van der Waals surface area contributed by atoms with Gasteiger partial charge in [0.05, 0.1) is 17.2 Å². The number of esters is 1. The van der Waals surface area contributed by atoms with Crippen molar-refractivity contribution in [3.8, 4) is 0 Å². The number of nitrogens with zero attached hydrogens (tertiary/aromatic N) is 2. The van der Waals surface area contributed by atoms with Gasteiger partial charge in [-0.2, -0.15) is 4.37 Å². The molecule has 7 nitrogen and oxygen atoms in total. The number of anilines is 1. The molecule has 1 aromatic heterocycles. The largest absolute Gasteiger partial charge is 0.466 e. The topological polar surface area (TPSA) is 88.6 Å². The van der Waals surface area contributed by atoms with Crippen LogP contribution in [0, 0.1) is 12.8 Å². The number of fused-ring (bicyclic) bond motifs is 1. The Morgan fingerprint density at radius 1 is 1.22 bits per heavy atom. The van der Waals surface area contributed by atoms with E-state index in [0.29, 0.717) is 36.6 Å². The summed E-state index contributed by atoms with van der Waals surface area (Å²) in [6, 6.07) is 12.8. The molecule has 8 heteroatoms. The van der Waals surface area contributed by atoms with Gasteiger partial charge in [0.15, 0.2) is 0 Å². The van der Waals surface area contributed by atoms with Crippen LogP contribution in [0.4, 0.5) is 5.69 Å². The average Bonchev–Trinajstić information content (AvgIpc) is 3.24. The van der Waals surface area contributed by atoms with E-state index >= 15 is 0 Å². The molecule has 1 saturated heterocycles. The van der Waals surface area contributed by atoms with E-state index in [2.05, 4.69) is 9.69 Å². The van der Waals surface area contributed by atoms with E-state index in [1.807, 2.05) is 37.3 Å². The molecule has 32 heavy (non-hydrogen) atoms. The summed E-state index contributed by atoms with van der Waals surface area (Å²) in [5.74, 6) is -1.02. The molecule has 1 aliphatic heterocycles. The first-order chi connectivity index (χ1) is 15.5. The van der Waals surface area contributed by atoms with Crippen LogP contribution >= 0.6 is 11.5 Å². The van der Waals surface area contributed by atoms with Crippen molar-refractivity contribution >= 4 is 45.1 Å². The van der Waals surface area contributed by atoms with Gasteiger partial charge in [-0.25, -0.2) is 0 Å². The fraction of sp³-hybridized carbons (Fsp3) is 0.333. The molecule has 2 heterocycles. The number of piperidine rings is 1. The summed E-state index contributed by atoms with van der Waals surface area (Å²) < 4.78 is 10.4. The lowest BCUT2D eigenvalue weighted by Gasteiger charge is -2.31. The van der Waals surface area contributed by atoms with E-state index < -0.39 is 0 Å². The average molecular weight is 452 g/mol. The molecule has 1 N–H and O–H groups in total. The van der Waals surface area contributed by atoms with Crippen molar-refractivity contribution < 1.29 is 19.1 Å². The second-order valence-electron chi connectivity index (χ2n) is 7.85. The zero-order valence-electron chi connectivity index (χ0n) is 18.1. The normalized spacial score (nSPS) is 16.1.